The number of rotatable bonds is 7. The number of ether oxygens (including phenoxy) is 1. The molecule has 0 aliphatic carbocycles. The van der Waals surface area contributed by atoms with E-state index in [0.29, 0.717) is 12.0 Å². The molecule has 0 aliphatic rings. The molecule has 0 heterocycles. The highest BCUT2D eigenvalue weighted by Gasteiger charge is 2.18. The van der Waals surface area contributed by atoms with Crippen LogP contribution in [0.2, 0.25) is 0 Å². The SMILES string of the molecule is CCC(CC)C(Cc1cccc2ccc(OC)cc12)NN. The summed E-state index contributed by atoms with van der Waals surface area (Å²) in [5.74, 6) is 7.29. The van der Waals surface area contributed by atoms with Crippen LogP contribution in [0.25, 0.3) is 10.8 Å². The molecular weight excluding hydrogens is 260 g/mol. The maximum absolute atomic E-state index is 5.80. The lowest BCUT2D eigenvalue weighted by atomic mass is 9.88. The molecule has 0 fully saturated rings. The molecule has 3 nitrogen and oxygen atoms in total. The minimum atomic E-state index is 0.303. The van der Waals surface area contributed by atoms with Gasteiger partial charge < -0.3 is 4.74 Å². The highest BCUT2D eigenvalue weighted by Crippen LogP contribution is 2.26. The van der Waals surface area contributed by atoms with E-state index in [-0.39, 0.29) is 0 Å². The fourth-order valence-corrected chi connectivity index (χ4v) is 3.08. The molecule has 21 heavy (non-hydrogen) atoms. The van der Waals surface area contributed by atoms with Crippen LogP contribution >= 0.6 is 0 Å². The largest absolute Gasteiger partial charge is 0.497 e. The molecule has 114 valence electrons. The molecule has 0 radical (unpaired) electrons. The first-order valence-corrected chi connectivity index (χ1v) is 7.75. The van der Waals surface area contributed by atoms with Gasteiger partial charge >= 0.3 is 0 Å². The molecule has 2 aromatic carbocycles. The molecule has 2 rings (SSSR count). The van der Waals surface area contributed by atoms with Crippen molar-refractivity contribution >= 4 is 10.8 Å². The monoisotopic (exact) mass is 286 g/mol. The van der Waals surface area contributed by atoms with Crippen LogP contribution in [0.15, 0.2) is 36.4 Å². The second-order valence-electron chi connectivity index (χ2n) is 5.56. The molecule has 3 N–H and O–H groups in total. The van der Waals surface area contributed by atoms with Crippen LogP contribution < -0.4 is 16.0 Å². The Balaban J connectivity index is 2.36. The van der Waals surface area contributed by atoms with E-state index in [1.807, 2.05) is 6.07 Å². The van der Waals surface area contributed by atoms with Crippen LogP contribution in [0.4, 0.5) is 0 Å². The van der Waals surface area contributed by atoms with E-state index in [2.05, 4.69) is 49.6 Å². The molecule has 1 unspecified atom stereocenters. The zero-order chi connectivity index (χ0) is 15.2. The number of nitrogens with one attached hydrogen (secondary N) is 1. The van der Waals surface area contributed by atoms with Crippen molar-refractivity contribution in [2.75, 3.05) is 7.11 Å². The summed E-state index contributed by atoms with van der Waals surface area (Å²) in [7, 11) is 1.71. The van der Waals surface area contributed by atoms with Gasteiger partial charge in [-0.15, -0.1) is 0 Å². The van der Waals surface area contributed by atoms with Gasteiger partial charge in [-0.2, -0.15) is 0 Å². The Bertz CT molecular complexity index is 578. The van der Waals surface area contributed by atoms with E-state index in [4.69, 9.17) is 10.6 Å². The standard InChI is InChI=1S/C18H26N2O/c1-4-13(5-2)18(20-19)11-15-8-6-7-14-9-10-16(21-3)12-17(14)15/h6-10,12-13,18,20H,4-5,11,19H2,1-3H3. The molecule has 2 aromatic rings. The zero-order valence-corrected chi connectivity index (χ0v) is 13.2. The van der Waals surface area contributed by atoms with Gasteiger partial charge in [0, 0.05) is 6.04 Å². The summed E-state index contributed by atoms with van der Waals surface area (Å²) < 4.78 is 5.36. The third kappa shape index (κ3) is 3.55. The van der Waals surface area contributed by atoms with E-state index >= 15 is 0 Å². The molecule has 0 saturated heterocycles. The summed E-state index contributed by atoms with van der Waals surface area (Å²) in [5, 5.41) is 2.50. The molecule has 0 saturated carbocycles. The number of hydrogen-bond acceptors (Lipinski definition) is 3. The van der Waals surface area contributed by atoms with Crippen molar-refractivity contribution in [3.63, 3.8) is 0 Å². The van der Waals surface area contributed by atoms with Crippen LogP contribution in [0.1, 0.15) is 32.3 Å². The minimum Gasteiger partial charge on any atom is -0.497 e. The average Bonchev–Trinajstić information content (AvgIpc) is 2.54. The Kier molecular flexibility index (Phi) is 5.59. The summed E-state index contributed by atoms with van der Waals surface area (Å²) in [6.07, 6.45) is 3.21. The van der Waals surface area contributed by atoms with Gasteiger partial charge in [0.15, 0.2) is 0 Å². The lowest BCUT2D eigenvalue weighted by molar-refractivity contribution is 0.336. The predicted molar refractivity (Wildman–Crippen MR) is 89.4 cm³/mol. The highest BCUT2D eigenvalue weighted by atomic mass is 16.5. The molecule has 1 atom stereocenters. The van der Waals surface area contributed by atoms with Gasteiger partial charge in [0.05, 0.1) is 7.11 Å². The Morgan fingerprint density at radius 2 is 1.90 bits per heavy atom. The first-order valence-electron chi connectivity index (χ1n) is 7.75. The molecular formula is C18H26N2O. The van der Waals surface area contributed by atoms with Crippen molar-refractivity contribution in [3.05, 3.63) is 42.0 Å². The second-order valence-corrected chi connectivity index (χ2v) is 5.56. The molecule has 0 aliphatic heterocycles. The summed E-state index contributed by atoms with van der Waals surface area (Å²) in [6, 6.07) is 13.0. The summed E-state index contributed by atoms with van der Waals surface area (Å²) in [4.78, 5) is 0. The summed E-state index contributed by atoms with van der Waals surface area (Å²) in [5.41, 5.74) is 4.34. The van der Waals surface area contributed by atoms with Gasteiger partial charge in [-0.25, -0.2) is 0 Å². The minimum absolute atomic E-state index is 0.303. The quantitative estimate of drug-likeness (QED) is 0.603. The fourth-order valence-electron chi connectivity index (χ4n) is 3.08. The highest BCUT2D eigenvalue weighted by molar-refractivity contribution is 5.87. The number of methoxy groups -OCH3 is 1. The Morgan fingerprint density at radius 3 is 2.52 bits per heavy atom. The van der Waals surface area contributed by atoms with Gasteiger partial charge in [0.1, 0.15) is 5.75 Å². The lowest BCUT2D eigenvalue weighted by Crippen LogP contribution is -2.42. The van der Waals surface area contributed by atoms with Crippen molar-refractivity contribution < 1.29 is 4.74 Å². The second kappa shape index (κ2) is 7.43. The van der Waals surface area contributed by atoms with Crippen molar-refractivity contribution in [2.45, 2.75) is 39.2 Å². The first kappa shape index (κ1) is 15.8. The van der Waals surface area contributed by atoms with Gasteiger partial charge in [-0.1, -0.05) is 51.0 Å². The van der Waals surface area contributed by atoms with E-state index < -0.39 is 0 Å². The fraction of sp³-hybridized carbons (Fsp3) is 0.444. The first-order chi connectivity index (χ1) is 10.2. The van der Waals surface area contributed by atoms with Crippen molar-refractivity contribution in [3.8, 4) is 5.75 Å². The number of benzene rings is 2. The topological polar surface area (TPSA) is 47.3 Å². The van der Waals surface area contributed by atoms with Crippen LogP contribution in [-0.2, 0) is 6.42 Å². The molecule has 0 amide bonds. The van der Waals surface area contributed by atoms with Gasteiger partial charge in [0.2, 0.25) is 0 Å². The van der Waals surface area contributed by atoms with E-state index in [1.165, 1.54) is 16.3 Å². The number of hydrazine groups is 1. The molecule has 0 spiro atoms. The molecule has 0 bridgehead atoms. The summed E-state index contributed by atoms with van der Waals surface area (Å²) in [6.45, 7) is 4.45. The van der Waals surface area contributed by atoms with Crippen LogP contribution in [0.5, 0.6) is 5.75 Å². The normalized spacial score (nSPS) is 12.8. The van der Waals surface area contributed by atoms with Gasteiger partial charge in [-0.3, -0.25) is 11.3 Å². The zero-order valence-electron chi connectivity index (χ0n) is 13.2. The van der Waals surface area contributed by atoms with Gasteiger partial charge in [-0.05, 0) is 40.8 Å². The number of hydrogen-bond donors (Lipinski definition) is 2. The van der Waals surface area contributed by atoms with Crippen LogP contribution in [0.3, 0.4) is 0 Å². The maximum atomic E-state index is 5.80. The Labute approximate surface area is 127 Å². The predicted octanol–water partition coefficient (Wildman–Crippen LogP) is 3.66. The average molecular weight is 286 g/mol. The third-order valence-electron chi connectivity index (χ3n) is 4.45. The molecule has 3 heteroatoms. The van der Waals surface area contributed by atoms with Crippen LogP contribution in [0, 0.1) is 5.92 Å². The molecule has 0 aromatic heterocycles. The maximum Gasteiger partial charge on any atom is 0.119 e. The third-order valence-corrected chi connectivity index (χ3v) is 4.45. The van der Waals surface area contributed by atoms with E-state index in [1.54, 1.807) is 7.11 Å². The number of nitrogens with two attached hydrogens (primary N) is 1. The van der Waals surface area contributed by atoms with Crippen molar-refractivity contribution in [1.29, 1.82) is 0 Å². The Morgan fingerprint density at radius 1 is 1.14 bits per heavy atom. The summed E-state index contributed by atoms with van der Waals surface area (Å²) >= 11 is 0. The van der Waals surface area contributed by atoms with Crippen molar-refractivity contribution in [1.82, 2.24) is 5.43 Å². The van der Waals surface area contributed by atoms with Crippen molar-refractivity contribution in [2.24, 2.45) is 11.8 Å². The smallest absolute Gasteiger partial charge is 0.119 e. The Hall–Kier alpha value is -1.58. The van der Waals surface area contributed by atoms with E-state index in [9.17, 15) is 0 Å². The van der Waals surface area contributed by atoms with Gasteiger partial charge in [0.25, 0.3) is 0 Å². The van der Waals surface area contributed by atoms with E-state index in [0.717, 1.165) is 25.0 Å². The van der Waals surface area contributed by atoms with Crippen LogP contribution in [-0.4, -0.2) is 13.2 Å². The lowest BCUT2D eigenvalue weighted by Gasteiger charge is -2.25. The number of fused-ring (bicyclic) bond motifs is 1.